The van der Waals surface area contributed by atoms with Crippen molar-refractivity contribution in [2.75, 3.05) is 7.11 Å². The number of rotatable bonds is 5. The van der Waals surface area contributed by atoms with Crippen LogP contribution in [0.15, 0.2) is 54.6 Å². The lowest BCUT2D eigenvalue weighted by Crippen LogP contribution is -2.41. The molecule has 2 rings (SSSR count). The predicted molar refractivity (Wildman–Crippen MR) is 95.4 cm³/mol. The van der Waals surface area contributed by atoms with Gasteiger partial charge in [-0.1, -0.05) is 42.5 Å². The van der Waals surface area contributed by atoms with Gasteiger partial charge < -0.3 is 15.4 Å². The molecular weight excluding hydrogens is 308 g/mol. The Labute approximate surface area is 141 Å². The van der Waals surface area contributed by atoms with E-state index in [0.717, 1.165) is 16.9 Å². The largest absolute Gasteiger partial charge is 0.497 e. The summed E-state index contributed by atoms with van der Waals surface area (Å²) in [4.78, 5) is 12.0. The van der Waals surface area contributed by atoms with Crippen LogP contribution >= 0.6 is 12.2 Å². The highest BCUT2D eigenvalue weighted by atomic mass is 32.1. The number of carbonyl (C=O) groups is 1. The summed E-state index contributed by atoms with van der Waals surface area (Å²) in [6.07, 6.45) is 0.269. The molecule has 0 radical (unpaired) electrons. The van der Waals surface area contributed by atoms with E-state index < -0.39 is 0 Å². The molecule has 2 aromatic rings. The van der Waals surface area contributed by atoms with Gasteiger partial charge in [0.25, 0.3) is 0 Å². The first kappa shape index (κ1) is 17.0. The average molecular weight is 328 g/mol. The van der Waals surface area contributed by atoms with Crippen molar-refractivity contribution in [3.05, 3.63) is 65.7 Å². The first-order valence-corrected chi connectivity index (χ1v) is 7.77. The summed E-state index contributed by atoms with van der Waals surface area (Å²) in [7, 11) is 1.61. The van der Waals surface area contributed by atoms with Gasteiger partial charge in [0.2, 0.25) is 5.91 Å². The maximum atomic E-state index is 12.0. The molecule has 0 aliphatic carbocycles. The van der Waals surface area contributed by atoms with E-state index in [1.807, 2.05) is 61.5 Å². The number of nitrogens with one attached hydrogen (secondary N) is 2. The molecule has 0 fully saturated rings. The minimum atomic E-state index is -0.145. The monoisotopic (exact) mass is 328 g/mol. The molecular formula is C18H20N2O2S. The highest BCUT2D eigenvalue weighted by Crippen LogP contribution is 2.12. The zero-order valence-electron chi connectivity index (χ0n) is 13.2. The van der Waals surface area contributed by atoms with Crippen LogP contribution in [0.2, 0.25) is 0 Å². The SMILES string of the molecule is COc1ccc(CC(=O)NC(=S)NC(C)c2ccccc2)cc1. The number of ether oxygens (including phenoxy) is 1. The van der Waals surface area contributed by atoms with Crippen LogP contribution in [0, 0.1) is 0 Å². The Morgan fingerprint density at radius 2 is 1.78 bits per heavy atom. The van der Waals surface area contributed by atoms with Crippen LogP contribution in [0.1, 0.15) is 24.1 Å². The molecule has 1 unspecified atom stereocenters. The van der Waals surface area contributed by atoms with E-state index in [1.54, 1.807) is 7.11 Å². The summed E-state index contributed by atoms with van der Waals surface area (Å²) >= 11 is 5.20. The fraction of sp³-hybridized carbons (Fsp3) is 0.222. The second kappa shape index (κ2) is 8.29. The Hall–Kier alpha value is -2.40. The van der Waals surface area contributed by atoms with Crippen molar-refractivity contribution in [2.24, 2.45) is 0 Å². The fourth-order valence-corrected chi connectivity index (χ4v) is 2.45. The summed E-state index contributed by atoms with van der Waals surface area (Å²) in [6, 6.07) is 17.3. The molecule has 4 nitrogen and oxygen atoms in total. The minimum absolute atomic E-state index is 0.0324. The Kier molecular flexibility index (Phi) is 6.11. The summed E-state index contributed by atoms with van der Waals surface area (Å²) in [6.45, 7) is 2.00. The van der Waals surface area contributed by atoms with Gasteiger partial charge in [0.1, 0.15) is 5.75 Å². The molecule has 23 heavy (non-hydrogen) atoms. The van der Waals surface area contributed by atoms with Gasteiger partial charge in [-0.05, 0) is 42.4 Å². The quantitative estimate of drug-likeness (QED) is 0.829. The van der Waals surface area contributed by atoms with Gasteiger partial charge in [0.05, 0.1) is 19.6 Å². The molecule has 1 amide bonds. The lowest BCUT2D eigenvalue weighted by Gasteiger charge is -2.16. The number of carbonyl (C=O) groups excluding carboxylic acids is 1. The number of hydrogen-bond acceptors (Lipinski definition) is 3. The molecule has 2 aromatic carbocycles. The summed E-state index contributed by atoms with van der Waals surface area (Å²) in [5, 5.41) is 6.15. The highest BCUT2D eigenvalue weighted by Gasteiger charge is 2.10. The molecule has 5 heteroatoms. The molecule has 0 aliphatic rings. The second-order valence-corrected chi connectivity index (χ2v) is 5.59. The van der Waals surface area contributed by atoms with Gasteiger partial charge in [-0.2, -0.15) is 0 Å². The average Bonchev–Trinajstić information content (AvgIpc) is 2.56. The minimum Gasteiger partial charge on any atom is -0.497 e. The third-order valence-corrected chi connectivity index (χ3v) is 3.64. The number of amides is 1. The van der Waals surface area contributed by atoms with E-state index in [-0.39, 0.29) is 18.4 Å². The second-order valence-electron chi connectivity index (χ2n) is 5.18. The van der Waals surface area contributed by atoms with Crippen molar-refractivity contribution < 1.29 is 9.53 Å². The molecule has 0 spiro atoms. The fourth-order valence-electron chi connectivity index (χ4n) is 2.16. The van der Waals surface area contributed by atoms with Crippen LogP contribution in [0.4, 0.5) is 0 Å². The molecule has 0 saturated carbocycles. The normalized spacial score (nSPS) is 11.4. The predicted octanol–water partition coefficient (Wildman–Crippen LogP) is 2.99. The number of benzene rings is 2. The zero-order valence-corrected chi connectivity index (χ0v) is 14.0. The third-order valence-electron chi connectivity index (χ3n) is 3.42. The van der Waals surface area contributed by atoms with Crippen LogP contribution in [-0.2, 0) is 11.2 Å². The van der Waals surface area contributed by atoms with Gasteiger partial charge in [0, 0.05) is 0 Å². The maximum Gasteiger partial charge on any atom is 0.230 e. The van der Waals surface area contributed by atoms with Crippen LogP contribution < -0.4 is 15.4 Å². The van der Waals surface area contributed by atoms with Crippen LogP contribution in [0.25, 0.3) is 0 Å². The van der Waals surface area contributed by atoms with Crippen molar-refractivity contribution in [3.8, 4) is 5.75 Å². The van der Waals surface area contributed by atoms with Gasteiger partial charge >= 0.3 is 0 Å². The summed E-state index contributed by atoms with van der Waals surface area (Å²) < 4.78 is 5.09. The Balaban J connectivity index is 1.83. The zero-order chi connectivity index (χ0) is 16.7. The maximum absolute atomic E-state index is 12.0. The highest BCUT2D eigenvalue weighted by molar-refractivity contribution is 7.80. The van der Waals surface area contributed by atoms with Gasteiger partial charge in [-0.15, -0.1) is 0 Å². The van der Waals surface area contributed by atoms with E-state index in [0.29, 0.717) is 5.11 Å². The first-order chi connectivity index (χ1) is 11.1. The van der Waals surface area contributed by atoms with Gasteiger partial charge in [-0.25, -0.2) is 0 Å². The Bertz CT molecular complexity index is 656. The molecule has 2 N–H and O–H groups in total. The molecule has 0 aromatic heterocycles. The number of hydrogen-bond donors (Lipinski definition) is 2. The molecule has 0 bridgehead atoms. The number of thiocarbonyl (C=S) groups is 1. The summed E-state index contributed by atoms with van der Waals surface area (Å²) in [5.74, 6) is 0.621. The van der Waals surface area contributed by atoms with Crippen molar-refractivity contribution >= 4 is 23.2 Å². The number of methoxy groups -OCH3 is 1. The van der Waals surface area contributed by atoms with E-state index in [1.165, 1.54) is 0 Å². The van der Waals surface area contributed by atoms with Gasteiger partial charge in [-0.3, -0.25) is 4.79 Å². The van der Waals surface area contributed by atoms with Crippen molar-refractivity contribution in [1.82, 2.24) is 10.6 Å². The molecule has 120 valence electrons. The van der Waals surface area contributed by atoms with Crippen molar-refractivity contribution in [2.45, 2.75) is 19.4 Å². The molecule has 1 atom stereocenters. The Morgan fingerprint density at radius 3 is 2.39 bits per heavy atom. The third kappa shape index (κ3) is 5.38. The Morgan fingerprint density at radius 1 is 1.13 bits per heavy atom. The molecule has 0 aliphatic heterocycles. The summed E-state index contributed by atoms with van der Waals surface area (Å²) in [5.41, 5.74) is 2.02. The van der Waals surface area contributed by atoms with Gasteiger partial charge in [0.15, 0.2) is 5.11 Å². The standard InChI is InChI=1S/C18H20N2O2S/c1-13(15-6-4-3-5-7-15)19-18(23)20-17(21)12-14-8-10-16(22-2)11-9-14/h3-11,13H,12H2,1-2H3,(H2,19,20,21,23). The first-order valence-electron chi connectivity index (χ1n) is 7.36. The van der Waals surface area contributed by atoms with Crippen LogP contribution in [-0.4, -0.2) is 18.1 Å². The molecule has 0 heterocycles. The van der Waals surface area contributed by atoms with E-state index >= 15 is 0 Å². The van der Waals surface area contributed by atoms with E-state index in [9.17, 15) is 4.79 Å². The van der Waals surface area contributed by atoms with E-state index in [4.69, 9.17) is 17.0 Å². The lowest BCUT2D eigenvalue weighted by atomic mass is 10.1. The molecule has 0 saturated heterocycles. The van der Waals surface area contributed by atoms with Crippen molar-refractivity contribution in [1.29, 1.82) is 0 Å². The smallest absolute Gasteiger partial charge is 0.230 e. The van der Waals surface area contributed by atoms with Crippen molar-refractivity contribution in [3.63, 3.8) is 0 Å². The lowest BCUT2D eigenvalue weighted by molar-refractivity contribution is -0.119. The van der Waals surface area contributed by atoms with Crippen LogP contribution in [0.3, 0.4) is 0 Å². The van der Waals surface area contributed by atoms with E-state index in [2.05, 4.69) is 10.6 Å². The van der Waals surface area contributed by atoms with Crippen LogP contribution in [0.5, 0.6) is 5.75 Å². The topological polar surface area (TPSA) is 50.4 Å².